The number of rotatable bonds is 14. The predicted octanol–water partition coefficient (Wildman–Crippen LogP) is 4.68. The fraction of sp³-hybridized carbons (Fsp3) is 0.433. The van der Waals surface area contributed by atoms with Crippen LogP contribution in [0.2, 0.25) is 0 Å². The number of nitrogens with zero attached hydrogens (tertiary/aromatic N) is 2. The van der Waals surface area contributed by atoms with Crippen LogP contribution in [-0.2, 0) is 30.9 Å². The van der Waals surface area contributed by atoms with Crippen molar-refractivity contribution >= 4 is 27.7 Å². The first-order valence-electron chi connectivity index (χ1n) is 13.7. The Balaban J connectivity index is 1.89. The van der Waals surface area contributed by atoms with Crippen LogP contribution in [0, 0.1) is 19.8 Å². The summed E-state index contributed by atoms with van der Waals surface area (Å²) < 4.78 is 39.3. The monoisotopic (exact) mass is 584 g/mol. The Bertz CT molecular complexity index is 1430. The highest BCUT2D eigenvalue weighted by Crippen LogP contribution is 2.30. The van der Waals surface area contributed by atoms with E-state index in [-0.39, 0.29) is 35.0 Å². The van der Waals surface area contributed by atoms with Gasteiger partial charge in [-0.2, -0.15) is 0 Å². The van der Waals surface area contributed by atoms with Gasteiger partial charge in [0.05, 0.1) is 11.5 Å². The smallest absolute Gasteiger partial charge is 0.263 e. The SMILES string of the molecule is CCCC(=O)N(Cc1ccc(-c2ccccc2S(=O)(=O)Nc2noc(C)c2C)cc1)C(C(=O)NCCOC)C(C)C. The van der Waals surface area contributed by atoms with E-state index in [9.17, 15) is 18.0 Å². The first kappa shape index (κ1) is 31.8. The van der Waals surface area contributed by atoms with Gasteiger partial charge in [-0.1, -0.05) is 68.4 Å². The summed E-state index contributed by atoms with van der Waals surface area (Å²) in [6, 6.07) is 13.4. The van der Waals surface area contributed by atoms with Crippen molar-refractivity contribution in [3.8, 4) is 11.1 Å². The van der Waals surface area contributed by atoms with E-state index in [1.807, 2.05) is 45.0 Å². The average Bonchev–Trinajstić information content (AvgIpc) is 3.25. The standard InChI is InChI=1S/C30H40N4O6S/c1-7-10-27(35)34(28(20(2)3)30(36)31-17-18-39-6)19-23-13-15-24(16-14-23)25-11-8-9-12-26(25)41(37,38)33-29-21(4)22(5)40-32-29/h8-9,11-16,20,28H,7,10,17-19H2,1-6H3,(H,31,36)(H,32,33). The molecular formula is C30H40N4O6S. The Kier molecular flexibility index (Phi) is 11.1. The minimum absolute atomic E-state index is 0.0974. The van der Waals surface area contributed by atoms with E-state index < -0.39 is 16.1 Å². The summed E-state index contributed by atoms with van der Waals surface area (Å²) in [7, 11) is -2.40. The molecule has 0 aliphatic carbocycles. The number of methoxy groups -OCH3 is 1. The molecule has 41 heavy (non-hydrogen) atoms. The lowest BCUT2D eigenvalue weighted by molar-refractivity contribution is -0.143. The Morgan fingerprint density at radius 2 is 1.76 bits per heavy atom. The number of carbonyl (C=O) groups is 2. The number of anilines is 1. The largest absolute Gasteiger partial charge is 0.383 e. The molecule has 1 heterocycles. The molecule has 0 saturated heterocycles. The maximum absolute atomic E-state index is 13.3. The van der Waals surface area contributed by atoms with E-state index in [2.05, 4.69) is 15.2 Å². The molecule has 10 nitrogen and oxygen atoms in total. The number of aryl methyl sites for hydroxylation is 1. The van der Waals surface area contributed by atoms with Crippen LogP contribution >= 0.6 is 0 Å². The fourth-order valence-corrected chi connectivity index (χ4v) is 5.79. The van der Waals surface area contributed by atoms with Crippen molar-refractivity contribution in [2.75, 3.05) is 25.0 Å². The van der Waals surface area contributed by atoms with Gasteiger partial charge < -0.3 is 19.5 Å². The van der Waals surface area contributed by atoms with Crippen molar-refractivity contribution in [3.63, 3.8) is 0 Å². The third-order valence-electron chi connectivity index (χ3n) is 6.81. The fourth-order valence-electron chi connectivity index (χ4n) is 4.51. The molecule has 0 radical (unpaired) electrons. The molecule has 0 saturated carbocycles. The number of hydrogen-bond acceptors (Lipinski definition) is 7. The molecule has 3 rings (SSSR count). The minimum atomic E-state index is -3.97. The zero-order valence-electron chi connectivity index (χ0n) is 24.6. The summed E-state index contributed by atoms with van der Waals surface area (Å²) in [5, 5.41) is 6.69. The molecular weight excluding hydrogens is 544 g/mol. The molecule has 11 heteroatoms. The number of hydrogen-bond donors (Lipinski definition) is 2. The number of sulfonamides is 1. The van der Waals surface area contributed by atoms with E-state index in [1.54, 1.807) is 44.1 Å². The van der Waals surface area contributed by atoms with Gasteiger partial charge in [0.2, 0.25) is 11.8 Å². The zero-order valence-corrected chi connectivity index (χ0v) is 25.4. The van der Waals surface area contributed by atoms with E-state index >= 15 is 0 Å². The molecule has 0 spiro atoms. The van der Waals surface area contributed by atoms with Gasteiger partial charge in [0.1, 0.15) is 11.8 Å². The Hall–Kier alpha value is -3.70. The van der Waals surface area contributed by atoms with Crippen LogP contribution in [0.25, 0.3) is 11.1 Å². The summed E-state index contributed by atoms with van der Waals surface area (Å²) >= 11 is 0. The van der Waals surface area contributed by atoms with Crippen LogP contribution in [0.15, 0.2) is 57.9 Å². The number of carbonyl (C=O) groups excluding carboxylic acids is 2. The van der Waals surface area contributed by atoms with E-state index in [1.165, 1.54) is 6.07 Å². The van der Waals surface area contributed by atoms with E-state index in [4.69, 9.17) is 9.26 Å². The molecule has 0 bridgehead atoms. The van der Waals surface area contributed by atoms with Gasteiger partial charge in [-0.15, -0.1) is 0 Å². The summed E-state index contributed by atoms with van der Waals surface area (Å²) in [5.41, 5.74) is 2.64. The number of amides is 2. The van der Waals surface area contributed by atoms with Crippen molar-refractivity contribution in [1.82, 2.24) is 15.4 Å². The zero-order chi connectivity index (χ0) is 30.2. The lowest BCUT2D eigenvalue weighted by atomic mass is 9.99. The van der Waals surface area contributed by atoms with Gasteiger partial charge in [0, 0.05) is 37.7 Å². The lowest BCUT2D eigenvalue weighted by Crippen LogP contribution is -2.52. The normalized spacial score (nSPS) is 12.3. The highest BCUT2D eigenvalue weighted by Gasteiger charge is 2.32. The van der Waals surface area contributed by atoms with Gasteiger partial charge in [-0.05, 0) is 43.4 Å². The van der Waals surface area contributed by atoms with Crippen molar-refractivity contribution < 1.29 is 27.3 Å². The van der Waals surface area contributed by atoms with E-state index in [0.717, 1.165) is 5.56 Å². The number of nitrogens with one attached hydrogen (secondary N) is 2. The Morgan fingerprint density at radius 3 is 2.34 bits per heavy atom. The third-order valence-corrected chi connectivity index (χ3v) is 8.21. The van der Waals surface area contributed by atoms with Crippen molar-refractivity contribution in [1.29, 1.82) is 0 Å². The average molecular weight is 585 g/mol. The molecule has 3 aromatic rings. The van der Waals surface area contributed by atoms with Crippen molar-refractivity contribution in [2.24, 2.45) is 5.92 Å². The van der Waals surface area contributed by atoms with E-state index in [0.29, 0.717) is 48.4 Å². The highest BCUT2D eigenvalue weighted by atomic mass is 32.2. The lowest BCUT2D eigenvalue weighted by Gasteiger charge is -2.34. The maximum atomic E-state index is 13.3. The summed E-state index contributed by atoms with van der Waals surface area (Å²) in [5.74, 6) is 0.250. The highest BCUT2D eigenvalue weighted by molar-refractivity contribution is 7.92. The van der Waals surface area contributed by atoms with Crippen LogP contribution < -0.4 is 10.0 Å². The molecule has 0 aliphatic heterocycles. The van der Waals surface area contributed by atoms with Gasteiger partial charge in [0.25, 0.3) is 10.0 Å². The topological polar surface area (TPSA) is 131 Å². The molecule has 2 amide bonds. The second-order valence-corrected chi connectivity index (χ2v) is 11.9. The molecule has 1 unspecified atom stereocenters. The summed E-state index contributed by atoms with van der Waals surface area (Å²) in [4.78, 5) is 28.0. The quantitative estimate of drug-likeness (QED) is 0.263. The molecule has 1 atom stereocenters. The molecule has 2 aromatic carbocycles. The van der Waals surface area contributed by atoms with Crippen LogP contribution in [-0.4, -0.2) is 56.6 Å². The van der Waals surface area contributed by atoms with Crippen LogP contribution in [0.5, 0.6) is 0 Å². The number of aromatic nitrogens is 1. The van der Waals surface area contributed by atoms with Gasteiger partial charge >= 0.3 is 0 Å². The Labute approximate surface area is 242 Å². The molecule has 0 fully saturated rings. The van der Waals surface area contributed by atoms with Crippen molar-refractivity contribution in [2.45, 2.75) is 64.9 Å². The van der Waals surface area contributed by atoms with Crippen LogP contribution in [0.3, 0.4) is 0 Å². The third kappa shape index (κ3) is 7.95. The second kappa shape index (κ2) is 14.3. The first-order valence-corrected chi connectivity index (χ1v) is 15.2. The Morgan fingerprint density at radius 1 is 1.07 bits per heavy atom. The van der Waals surface area contributed by atoms with Gasteiger partial charge in [0.15, 0.2) is 5.82 Å². The maximum Gasteiger partial charge on any atom is 0.263 e. The first-order chi connectivity index (χ1) is 19.5. The van der Waals surface area contributed by atoms with Crippen molar-refractivity contribution in [3.05, 3.63) is 65.4 Å². The number of ether oxygens (including phenoxy) is 1. The molecule has 222 valence electrons. The second-order valence-electron chi connectivity index (χ2n) is 10.3. The summed E-state index contributed by atoms with van der Waals surface area (Å²) in [6.07, 6.45) is 0.993. The molecule has 0 aliphatic rings. The number of benzene rings is 2. The predicted molar refractivity (Wildman–Crippen MR) is 158 cm³/mol. The molecule has 1 aromatic heterocycles. The van der Waals surface area contributed by atoms with Crippen LogP contribution in [0.4, 0.5) is 5.82 Å². The van der Waals surface area contributed by atoms with Gasteiger partial charge in [-0.25, -0.2) is 8.42 Å². The van der Waals surface area contributed by atoms with Gasteiger partial charge in [-0.3, -0.25) is 14.3 Å². The van der Waals surface area contributed by atoms with Crippen LogP contribution in [0.1, 0.15) is 50.5 Å². The summed E-state index contributed by atoms with van der Waals surface area (Å²) in [6.45, 7) is 10.2. The molecule has 2 N–H and O–H groups in total. The minimum Gasteiger partial charge on any atom is -0.383 e.